The van der Waals surface area contributed by atoms with Crippen molar-refractivity contribution in [2.75, 3.05) is 18.0 Å². The minimum Gasteiger partial charge on any atom is -0.490 e. The van der Waals surface area contributed by atoms with Gasteiger partial charge in [0.25, 0.3) is 5.56 Å². The maximum atomic E-state index is 12.3. The summed E-state index contributed by atoms with van der Waals surface area (Å²) >= 11 is 0. The number of aromatic nitrogens is 3. The van der Waals surface area contributed by atoms with E-state index in [1.165, 1.54) is 11.7 Å². The van der Waals surface area contributed by atoms with Gasteiger partial charge in [0.1, 0.15) is 11.9 Å². The highest BCUT2D eigenvalue weighted by Crippen LogP contribution is 2.23. The smallest absolute Gasteiger partial charge is 0.346 e. The highest BCUT2D eigenvalue weighted by Gasteiger charge is 2.24. The van der Waals surface area contributed by atoms with Crippen LogP contribution in [0, 0.1) is 6.92 Å². The fourth-order valence-electron chi connectivity index (χ4n) is 2.93. The summed E-state index contributed by atoms with van der Waals surface area (Å²) < 4.78 is 8.38. The summed E-state index contributed by atoms with van der Waals surface area (Å²) in [6.07, 6.45) is 1.74. The molecule has 7 nitrogen and oxygen atoms in total. The molecule has 7 heteroatoms. The van der Waals surface area contributed by atoms with Gasteiger partial charge in [0, 0.05) is 40.0 Å². The van der Waals surface area contributed by atoms with Crippen LogP contribution in [0.25, 0.3) is 0 Å². The van der Waals surface area contributed by atoms with E-state index >= 15 is 0 Å². The number of benzene rings is 1. The highest BCUT2D eigenvalue weighted by atomic mass is 16.5. The van der Waals surface area contributed by atoms with Crippen molar-refractivity contribution in [1.82, 2.24) is 14.3 Å². The number of piperidine rings is 1. The number of hydrogen-bond donors (Lipinski definition) is 0. The molecule has 3 rings (SSSR count). The molecule has 2 heterocycles. The SMILES string of the molecule is Cc1ccccc1OC1CCN(c2nn(C)c(=O)n(C)c2=O)CC1. The normalized spacial score (nSPS) is 15.5. The number of nitrogens with zero attached hydrogens (tertiary/aromatic N) is 4. The molecule has 0 N–H and O–H groups in total. The zero-order chi connectivity index (χ0) is 17.3. The predicted molar refractivity (Wildman–Crippen MR) is 91.8 cm³/mol. The van der Waals surface area contributed by atoms with E-state index < -0.39 is 5.69 Å². The van der Waals surface area contributed by atoms with Crippen LogP contribution in [-0.2, 0) is 14.1 Å². The maximum Gasteiger partial charge on any atom is 0.346 e. The quantitative estimate of drug-likeness (QED) is 0.834. The van der Waals surface area contributed by atoms with Crippen LogP contribution in [0.3, 0.4) is 0 Å². The van der Waals surface area contributed by atoms with Crippen LogP contribution >= 0.6 is 0 Å². The molecule has 1 aliphatic rings. The van der Waals surface area contributed by atoms with Gasteiger partial charge in [0.2, 0.25) is 5.82 Å². The standard InChI is InChI=1S/C17H22N4O3/c1-12-6-4-5-7-14(12)24-13-8-10-21(11-9-13)15-16(22)19(2)17(23)20(3)18-15/h4-7,13H,8-11H2,1-3H3. The van der Waals surface area contributed by atoms with Crippen LogP contribution in [0.4, 0.5) is 5.82 Å². The minimum atomic E-state index is -0.415. The molecule has 24 heavy (non-hydrogen) atoms. The molecule has 1 fully saturated rings. The lowest BCUT2D eigenvalue weighted by atomic mass is 10.1. The molecule has 1 aliphatic heterocycles. The second kappa shape index (κ2) is 6.51. The number of anilines is 1. The van der Waals surface area contributed by atoms with Gasteiger partial charge in [-0.3, -0.25) is 9.36 Å². The predicted octanol–water partition coefficient (Wildman–Crippen LogP) is 0.835. The molecule has 1 aromatic heterocycles. The van der Waals surface area contributed by atoms with Gasteiger partial charge in [0.15, 0.2) is 0 Å². The number of hydrogen-bond acceptors (Lipinski definition) is 5. The molecule has 128 valence electrons. The number of aryl methyl sites for hydroxylation is 2. The van der Waals surface area contributed by atoms with Crippen molar-refractivity contribution in [3.8, 4) is 5.75 Å². The molecule has 0 aliphatic carbocycles. The summed E-state index contributed by atoms with van der Waals surface area (Å²) in [5.41, 5.74) is 0.353. The van der Waals surface area contributed by atoms with E-state index in [9.17, 15) is 9.59 Å². The molecule has 1 aromatic carbocycles. The fourth-order valence-corrected chi connectivity index (χ4v) is 2.93. The number of rotatable bonds is 3. The van der Waals surface area contributed by atoms with E-state index in [4.69, 9.17) is 4.74 Å². The molecule has 0 radical (unpaired) electrons. The van der Waals surface area contributed by atoms with E-state index in [1.807, 2.05) is 36.1 Å². The van der Waals surface area contributed by atoms with Crippen LogP contribution < -0.4 is 20.9 Å². The van der Waals surface area contributed by atoms with Gasteiger partial charge >= 0.3 is 5.69 Å². The van der Waals surface area contributed by atoms with Crippen LogP contribution in [0.1, 0.15) is 18.4 Å². The first-order chi connectivity index (χ1) is 11.5. The van der Waals surface area contributed by atoms with Gasteiger partial charge in [-0.2, -0.15) is 0 Å². The molecular formula is C17H22N4O3. The lowest BCUT2D eigenvalue weighted by molar-refractivity contribution is 0.169. The summed E-state index contributed by atoms with van der Waals surface area (Å²) in [7, 11) is 3.03. The van der Waals surface area contributed by atoms with Gasteiger partial charge in [-0.25, -0.2) is 9.48 Å². The summed E-state index contributed by atoms with van der Waals surface area (Å²) in [5.74, 6) is 1.24. The Kier molecular flexibility index (Phi) is 4.42. The van der Waals surface area contributed by atoms with Gasteiger partial charge in [-0.05, 0) is 18.6 Å². The molecule has 0 saturated carbocycles. The Morgan fingerprint density at radius 1 is 1.12 bits per heavy atom. The third kappa shape index (κ3) is 3.06. The van der Waals surface area contributed by atoms with Crippen molar-refractivity contribution in [3.05, 3.63) is 50.7 Å². The van der Waals surface area contributed by atoms with Gasteiger partial charge in [-0.15, -0.1) is 5.10 Å². The van der Waals surface area contributed by atoms with Crippen molar-refractivity contribution in [3.63, 3.8) is 0 Å². The van der Waals surface area contributed by atoms with Crippen molar-refractivity contribution < 1.29 is 4.74 Å². The van der Waals surface area contributed by atoms with Crippen molar-refractivity contribution in [2.45, 2.75) is 25.9 Å². The maximum absolute atomic E-state index is 12.3. The lowest BCUT2D eigenvalue weighted by Gasteiger charge is -2.32. The Morgan fingerprint density at radius 2 is 1.79 bits per heavy atom. The average molecular weight is 330 g/mol. The zero-order valence-corrected chi connectivity index (χ0v) is 14.2. The molecule has 2 aromatic rings. The third-order valence-corrected chi connectivity index (χ3v) is 4.43. The van der Waals surface area contributed by atoms with Crippen LogP contribution in [-0.4, -0.2) is 33.5 Å². The monoisotopic (exact) mass is 330 g/mol. The first kappa shape index (κ1) is 16.3. The summed E-state index contributed by atoms with van der Waals surface area (Å²) in [4.78, 5) is 25.9. The van der Waals surface area contributed by atoms with E-state index in [-0.39, 0.29) is 11.7 Å². The fraction of sp³-hybridized carbons (Fsp3) is 0.471. The summed E-state index contributed by atoms with van der Waals surface area (Å²) in [5, 5.41) is 4.14. The second-order valence-electron chi connectivity index (χ2n) is 6.16. The van der Waals surface area contributed by atoms with E-state index in [1.54, 1.807) is 7.05 Å². The molecule has 0 amide bonds. The van der Waals surface area contributed by atoms with Crippen molar-refractivity contribution >= 4 is 5.82 Å². The average Bonchev–Trinajstić information content (AvgIpc) is 2.59. The van der Waals surface area contributed by atoms with Gasteiger partial charge < -0.3 is 9.64 Å². The van der Waals surface area contributed by atoms with E-state index in [2.05, 4.69) is 5.10 Å². The van der Waals surface area contributed by atoms with Crippen LogP contribution in [0.5, 0.6) is 5.75 Å². The Balaban J connectivity index is 1.71. The summed E-state index contributed by atoms with van der Waals surface area (Å²) in [6.45, 7) is 3.39. The van der Waals surface area contributed by atoms with Crippen molar-refractivity contribution in [1.29, 1.82) is 0 Å². The van der Waals surface area contributed by atoms with Gasteiger partial charge in [-0.1, -0.05) is 18.2 Å². The Hall–Kier alpha value is -2.57. The van der Waals surface area contributed by atoms with Crippen LogP contribution in [0.15, 0.2) is 33.9 Å². The first-order valence-electron chi connectivity index (χ1n) is 8.09. The molecule has 0 spiro atoms. The third-order valence-electron chi connectivity index (χ3n) is 4.43. The Bertz CT molecular complexity index is 848. The second-order valence-corrected chi connectivity index (χ2v) is 6.16. The van der Waals surface area contributed by atoms with E-state index in [0.717, 1.165) is 28.7 Å². The number of para-hydroxylation sites is 1. The molecule has 1 saturated heterocycles. The minimum absolute atomic E-state index is 0.124. The molecule has 0 unspecified atom stereocenters. The molecule has 0 atom stereocenters. The highest BCUT2D eigenvalue weighted by molar-refractivity contribution is 5.36. The van der Waals surface area contributed by atoms with Crippen molar-refractivity contribution in [2.24, 2.45) is 14.1 Å². The topological polar surface area (TPSA) is 69.4 Å². The number of ether oxygens (including phenoxy) is 1. The first-order valence-corrected chi connectivity index (χ1v) is 8.09. The van der Waals surface area contributed by atoms with Crippen LogP contribution in [0.2, 0.25) is 0 Å². The molecule has 0 bridgehead atoms. The largest absolute Gasteiger partial charge is 0.490 e. The summed E-state index contributed by atoms with van der Waals surface area (Å²) in [6, 6.07) is 7.97. The Morgan fingerprint density at radius 3 is 2.46 bits per heavy atom. The van der Waals surface area contributed by atoms with Gasteiger partial charge in [0.05, 0.1) is 0 Å². The lowest BCUT2D eigenvalue weighted by Crippen LogP contribution is -2.46. The van der Waals surface area contributed by atoms with E-state index in [0.29, 0.717) is 18.9 Å². The Labute approximate surface area is 140 Å². The molecular weight excluding hydrogens is 308 g/mol. The zero-order valence-electron chi connectivity index (χ0n) is 14.2.